The molecule has 14 heavy (non-hydrogen) atoms. The van der Waals surface area contributed by atoms with Gasteiger partial charge in [-0.2, -0.15) is 0 Å². The van der Waals surface area contributed by atoms with Gasteiger partial charge in [-0.15, -0.1) is 0 Å². The lowest BCUT2D eigenvalue weighted by Gasteiger charge is -2.06. The molecule has 0 aliphatic carbocycles. The molecule has 0 bridgehead atoms. The van der Waals surface area contributed by atoms with Gasteiger partial charge in [-0.05, 0) is 31.2 Å². The molecule has 4 heteroatoms. The second kappa shape index (κ2) is 5.12. The number of carbonyl (C=O) groups is 1. The molecule has 1 atom stereocenters. The molecule has 1 rings (SSSR count). The fourth-order valence-corrected chi connectivity index (χ4v) is 1.21. The molecule has 2 N–H and O–H groups in total. The van der Waals surface area contributed by atoms with Gasteiger partial charge >= 0.3 is 0 Å². The number of halogens is 1. The van der Waals surface area contributed by atoms with Gasteiger partial charge in [-0.3, -0.25) is 4.79 Å². The SMILES string of the molecule is CC(O)CNC(=O)c1ccc(Br)cc1. The minimum Gasteiger partial charge on any atom is -0.392 e. The van der Waals surface area contributed by atoms with Crippen LogP contribution in [0.2, 0.25) is 0 Å². The lowest BCUT2D eigenvalue weighted by molar-refractivity contribution is 0.0924. The summed E-state index contributed by atoms with van der Waals surface area (Å²) in [6, 6.07) is 7.05. The van der Waals surface area contributed by atoms with Crippen molar-refractivity contribution < 1.29 is 9.90 Å². The first-order valence-corrected chi connectivity index (χ1v) is 5.10. The Morgan fingerprint density at radius 1 is 1.50 bits per heavy atom. The summed E-state index contributed by atoms with van der Waals surface area (Å²) in [7, 11) is 0. The van der Waals surface area contributed by atoms with E-state index >= 15 is 0 Å². The van der Waals surface area contributed by atoms with E-state index in [1.165, 1.54) is 0 Å². The summed E-state index contributed by atoms with van der Waals surface area (Å²) >= 11 is 3.29. The first-order valence-electron chi connectivity index (χ1n) is 4.31. The van der Waals surface area contributed by atoms with Crippen molar-refractivity contribution in [2.75, 3.05) is 6.54 Å². The van der Waals surface area contributed by atoms with Gasteiger partial charge in [0.1, 0.15) is 0 Å². The number of hydrogen-bond acceptors (Lipinski definition) is 2. The van der Waals surface area contributed by atoms with E-state index in [-0.39, 0.29) is 12.5 Å². The third kappa shape index (κ3) is 3.47. The van der Waals surface area contributed by atoms with Crippen LogP contribution in [0.4, 0.5) is 0 Å². The molecule has 1 aromatic carbocycles. The maximum absolute atomic E-state index is 11.4. The van der Waals surface area contributed by atoms with Crippen molar-refractivity contribution in [1.82, 2.24) is 5.32 Å². The van der Waals surface area contributed by atoms with E-state index in [0.717, 1.165) is 4.47 Å². The first-order chi connectivity index (χ1) is 6.59. The largest absolute Gasteiger partial charge is 0.392 e. The van der Waals surface area contributed by atoms with Crippen molar-refractivity contribution in [3.63, 3.8) is 0 Å². The molecule has 1 unspecified atom stereocenters. The number of hydrogen-bond donors (Lipinski definition) is 2. The summed E-state index contributed by atoms with van der Waals surface area (Å²) in [5.74, 6) is -0.168. The minimum atomic E-state index is -0.519. The highest BCUT2D eigenvalue weighted by Gasteiger charge is 2.05. The van der Waals surface area contributed by atoms with E-state index in [2.05, 4.69) is 21.2 Å². The Morgan fingerprint density at radius 3 is 2.57 bits per heavy atom. The Kier molecular flexibility index (Phi) is 4.10. The standard InChI is InChI=1S/C10H12BrNO2/c1-7(13)6-12-10(14)8-2-4-9(11)5-3-8/h2-5,7,13H,6H2,1H3,(H,12,14). The molecule has 76 valence electrons. The quantitative estimate of drug-likeness (QED) is 0.864. The van der Waals surface area contributed by atoms with Crippen molar-refractivity contribution in [2.45, 2.75) is 13.0 Å². The van der Waals surface area contributed by atoms with Gasteiger partial charge in [0.05, 0.1) is 6.10 Å². The van der Waals surface area contributed by atoms with Crippen LogP contribution in [0.25, 0.3) is 0 Å². The Balaban J connectivity index is 2.57. The van der Waals surface area contributed by atoms with Gasteiger partial charge in [0.25, 0.3) is 5.91 Å². The van der Waals surface area contributed by atoms with Crippen molar-refractivity contribution in [1.29, 1.82) is 0 Å². The lowest BCUT2D eigenvalue weighted by atomic mass is 10.2. The highest BCUT2D eigenvalue weighted by molar-refractivity contribution is 9.10. The fourth-order valence-electron chi connectivity index (χ4n) is 0.944. The van der Waals surface area contributed by atoms with E-state index in [9.17, 15) is 4.79 Å². The number of amides is 1. The first kappa shape index (κ1) is 11.2. The van der Waals surface area contributed by atoms with Crippen LogP contribution < -0.4 is 5.32 Å². The fraction of sp³-hybridized carbons (Fsp3) is 0.300. The number of rotatable bonds is 3. The maximum atomic E-state index is 11.4. The molecule has 0 saturated carbocycles. The van der Waals surface area contributed by atoms with Crippen LogP contribution in [0.5, 0.6) is 0 Å². The van der Waals surface area contributed by atoms with Gasteiger partial charge in [0, 0.05) is 16.6 Å². The highest BCUT2D eigenvalue weighted by atomic mass is 79.9. The zero-order valence-corrected chi connectivity index (χ0v) is 9.41. The van der Waals surface area contributed by atoms with E-state index in [4.69, 9.17) is 5.11 Å². The van der Waals surface area contributed by atoms with E-state index in [1.54, 1.807) is 31.2 Å². The summed E-state index contributed by atoms with van der Waals surface area (Å²) in [6.45, 7) is 1.90. The third-order valence-electron chi connectivity index (χ3n) is 1.66. The van der Waals surface area contributed by atoms with Gasteiger partial charge < -0.3 is 10.4 Å². The molecule has 0 saturated heterocycles. The molecule has 0 heterocycles. The molecule has 1 amide bonds. The summed E-state index contributed by atoms with van der Waals surface area (Å²) in [6.07, 6.45) is -0.519. The van der Waals surface area contributed by atoms with Crippen molar-refractivity contribution in [2.24, 2.45) is 0 Å². The average Bonchev–Trinajstić information content (AvgIpc) is 2.15. The molecular formula is C10H12BrNO2. The highest BCUT2D eigenvalue weighted by Crippen LogP contribution is 2.10. The molecular weight excluding hydrogens is 246 g/mol. The predicted octanol–water partition coefficient (Wildman–Crippen LogP) is 1.56. The Labute approximate surface area is 91.3 Å². The Hall–Kier alpha value is -0.870. The Bertz CT molecular complexity index is 308. The minimum absolute atomic E-state index is 0.168. The van der Waals surface area contributed by atoms with Crippen LogP contribution in [0.1, 0.15) is 17.3 Å². The molecule has 0 aliphatic heterocycles. The molecule has 0 radical (unpaired) electrons. The number of nitrogens with one attached hydrogen (secondary N) is 1. The molecule has 0 aromatic heterocycles. The normalized spacial score (nSPS) is 12.2. The molecule has 3 nitrogen and oxygen atoms in total. The zero-order valence-electron chi connectivity index (χ0n) is 7.83. The van der Waals surface area contributed by atoms with E-state index < -0.39 is 6.10 Å². The van der Waals surface area contributed by atoms with Crippen molar-refractivity contribution in [3.8, 4) is 0 Å². The second-order valence-electron chi connectivity index (χ2n) is 3.07. The summed E-state index contributed by atoms with van der Waals surface area (Å²) in [5, 5.41) is 11.6. The number of aliphatic hydroxyl groups is 1. The number of benzene rings is 1. The van der Waals surface area contributed by atoms with Gasteiger partial charge in [-0.1, -0.05) is 15.9 Å². The van der Waals surface area contributed by atoms with E-state index in [0.29, 0.717) is 5.56 Å². The summed E-state index contributed by atoms with van der Waals surface area (Å²) in [4.78, 5) is 11.4. The topological polar surface area (TPSA) is 49.3 Å². The molecule has 0 fully saturated rings. The van der Waals surface area contributed by atoms with Crippen LogP contribution in [0.15, 0.2) is 28.7 Å². The second-order valence-corrected chi connectivity index (χ2v) is 3.98. The third-order valence-corrected chi connectivity index (χ3v) is 2.19. The van der Waals surface area contributed by atoms with Gasteiger partial charge in [0.2, 0.25) is 0 Å². The van der Waals surface area contributed by atoms with Crippen LogP contribution in [-0.2, 0) is 0 Å². The van der Waals surface area contributed by atoms with E-state index in [1.807, 2.05) is 0 Å². The van der Waals surface area contributed by atoms with Crippen molar-refractivity contribution in [3.05, 3.63) is 34.3 Å². The predicted molar refractivity (Wildman–Crippen MR) is 58.2 cm³/mol. The van der Waals surface area contributed by atoms with Gasteiger partial charge in [-0.25, -0.2) is 0 Å². The molecule has 0 spiro atoms. The van der Waals surface area contributed by atoms with Gasteiger partial charge in [0.15, 0.2) is 0 Å². The number of aliphatic hydroxyl groups excluding tert-OH is 1. The average molecular weight is 258 g/mol. The smallest absolute Gasteiger partial charge is 0.251 e. The lowest BCUT2D eigenvalue weighted by Crippen LogP contribution is -2.30. The monoisotopic (exact) mass is 257 g/mol. The molecule has 0 aliphatic rings. The Morgan fingerprint density at radius 2 is 2.07 bits per heavy atom. The van der Waals surface area contributed by atoms with Crippen LogP contribution >= 0.6 is 15.9 Å². The summed E-state index contributed by atoms with van der Waals surface area (Å²) in [5.41, 5.74) is 0.592. The molecule has 1 aromatic rings. The van der Waals surface area contributed by atoms with Crippen LogP contribution in [0.3, 0.4) is 0 Å². The maximum Gasteiger partial charge on any atom is 0.251 e. The van der Waals surface area contributed by atoms with Crippen LogP contribution in [-0.4, -0.2) is 23.7 Å². The number of carbonyl (C=O) groups excluding carboxylic acids is 1. The van der Waals surface area contributed by atoms with Crippen molar-refractivity contribution >= 4 is 21.8 Å². The zero-order chi connectivity index (χ0) is 10.6. The summed E-state index contributed by atoms with van der Waals surface area (Å²) < 4.78 is 0.935. The van der Waals surface area contributed by atoms with Crippen LogP contribution in [0, 0.1) is 0 Å².